The molecule has 0 unspecified atom stereocenters. The predicted octanol–water partition coefficient (Wildman–Crippen LogP) is 15.1. The lowest BCUT2D eigenvalue weighted by atomic mass is 9.92. The molecule has 13 aromatic rings. The van der Waals surface area contributed by atoms with Crippen molar-refractivity contribution in [3.05, 3.63) is 212 Å². The SMILES string of the molecule is c1ccc(-c2nc(-c3ccccc3)nc(-n3c4ccc(-c5ccc6c(c5)c5c7ccccc7ccc5n6-c5ccccc5)cc4c4c5cccc6c5c(cc43)Oc3ccccc3-6)n2)cc1. The van der Waals surface area contributed by atoms with Crippen LogP contribution in [0.5, 0.6) is 11.5 Å². The summed E-state index contributed by atoms with van der Waals surface area (Å²) in [5, 5.41) is 9.34. The van der Waals surface area contributed by atoms with Gasteiger partial charge in [0.25, 0.3) is 0 Å². The van der Waals surface area contributed by atoms with Gasteiger partial charge in [-0.3, -0.25) is 4.57 Å². The van der Waals surface area contributed by atoms with E-state index in [1.54, 1.807) is 0 Å². The molecule has 1 aliphatic heterocycles. The fraction of sp³-hybridized carbons (Fsp3) is 0. The number of para-hydroxylation sites is 2. The minimum absolute atomic E-state index is 0.534. The van der Waals surface area contributed by atoms with Crippen LogP contribution < -0.4 is 4.74 Å². The first-order valence-corrected chi connectivity index (χ1v) is 21.9. The Morgan fingerprint density at radius 1 is 0.323 bits per heavy atom. The first-order valence-electron chi connectivity index (χ1n) is 21.9. The van der Waals surface area contributed by atoms with E-state index in [2.05, 4.69) is 149 Å². The number of fused-ring (bicyclic) bond motifs is 11. The lowest BCUT2D eigenvalue weighted by Gasteiger charge is -2.22. The quantitative estimate of drug-likeness (QED) is 0.173. The van der Waals surface area contributed by atoms with Crippen LogP contribution in [0, 0.1) is 0 Å². The molecule has 0 bridgehead atoms. The summed E-state index contributed by atoms with van der Waals surface area (Å²) < 4.78 is 11.4. The van der Waals surface area contributed by atoms with Gasteiger partial charge in [0.15, 0.2) is 11.6 Å². The largest absolute Gasteiger partial charge is 0.456 e. The summed E-state index contributed by atoms with van der Waals surface area (Å²) >= 11 is 0. The van der Waals surface area contributed by atoms with E-state index in [1.807, 2.05) is 72.8 Å². The van der Waals surface area contributed by atoms with Crippen LogP contribution in [-0.4, -0.2) is 24.1 Å². The van der Waals surface area contributed by atoms with Crippen molar-refractivity contribution in [3.8, 4) is 68.2 Å². The van der Waals surface area contributed by atoms with Gasteiger partial charge in [0, 0.05) is 55.4 Å². The molecule has 0 radical (unpaired) electrons. The third kappa shape index (κ3) is 5.38. The Bertz CT molecular complexity index is 4020. The number of rotatable bonds is 5. The van der Waals surface area contributed by atoms with Gasteiger partial charge in [0.2, 0.25) is 5.95 Å². The van der Waals surface area contributed by atoms with Crippen molar-refractivity contribution in [3.63, 3.8) is 0 Å². The fourth-order valence-electron chi connectivity index (χ4n) is 10.3. The van der Waals surface area contributed by atoms with Gasteiger partial charge in [-0.15, -0.1) is 0 Å². The van der Waals surface area contributed by atoms with Gasteiger partial charge in [-0.25, -0.2) is 4.98 Å². The summed E-state index contributed by atoms with van der Waals surface area (Å²) in [4.78, 5) is 15.6. The van der Waals surface area contributed by atoms with Crippen molar-refractivity contribution >= 4 is 65.2 Å². The summed E-state index contributed by atoms with van der Waals surface area (Å²) in [5.74, 6) is 3.38. The molecule has 0 atom stereocenters. The topological polar surface area (TPSA) is 57.8 Å². The zero-order valence-corrected chi connectivity index (χ0v) is 34.9. The maximum absolute atomic E-state index is 6.80. The van der Waals surface area contributed by atoms with Crippen LogP contribution >= 0.6 is 0 Å². The zero-order valence-electron chi connectivity index (χ0n) is 34.9. The van der Waals surface area contributed by atoms with Crippen molar-refractivity contribution < 1.29 is 4.74 Å². The predicted molar refractivity (Wildman–Crippen MR) is 265 cm³/mol. The molecular formula is C59H35N5O. The Hall–Kier alpha value is -8.87. The van der Waals surface area contributed by atoms with E-state index < -0.39 is 0 Å². The molecule has 3 aromatic heterocycles. The van der Waals surface area contributed by atoms with Gasteiger partial charge in [-0.05, 0) is 81.4 Å². The van der Waals surface area contributed by atoms with Gasteiger partial charge in [0.05, 0.1) is 22.1 Å². The summed E-state index contributed by atoms with van der Waals surface area (Å²) in [7, 11) is 0. The lowest BCUT2D eigenvalue weighted by molar-refractivity contribution is 0.487. The van der Waals surface area contributed by atoms with E-state index in [0.29, 0.717) is 17.6 Å². The summed E-state index contributed by atoms with van der Waals surface area (Å²) in [6.07, 6.45) is 0. The normalized spacial score (nSPS) is 12.1. The smallest absolute Gasteiger partial charge is 0.238 e. The first kappa shape index (κ1) is 35.7. The van der Waals surface area contributed by atoms with Crippen molar-refractivity contribution in [2.75, 3.05) is 0 Å². The molecule has 4 heterocycles. The second kappa shape index (κ2) is 13.8. The van der Waals surface area contributed by atoms with Gasteiger partial charge >= 0.3 is 0 Å². The van der Waals surface area contributed by atoms with Gasteiger partial charge < -0.3 is 9.30 Å². The highest BCUT2D eigenvalue weighted by Crippen LogP contribution is 2.51. The maximum atomic E-state index is 6.80. The van der Waals surface area contributed by atoms with Crippen LogP contribution in [-0.2, 0) is 0 Å². The second-order valence-corrected chi connectivity index (χ2v) is 16.8. The summed E-state index contributed by atoms with van der Waals surface area (Å²) in [6.45, 7) is 0. The highest BCUT2D eigenvalue weighted by atomic mass is 16.5. The third-order valence-electron chi connectivity index (χ3n) is 13.1. The highest BCUT2D eigenvalue weighted by Gasteiger charge is 2.26. The number of benzene rings is 10. The molecule has 65 heavy (non-hydrogen) atoms. The number of hydrogen-bond donors (Lipinski definition) is 0. The standard InChI is InChI=1S/C59H35N5O/c1-4-16-37(17-5-1)57-60-58(38-18-6-2-7-19-38)62-59(61-57)64-49-31-29-40(34-47(49)55-45-25-14-24-44-43-23-12-13-26-52(43)65-53(56(44)45)35-51(55)64)39-28-30-48-46(33-39)54-42-22-11-10-15-36(42)27-32-50(54)63(48)41-20-8-3-9-21-41/h1-35H. The Morgan fingerprint density at radius 3 is 1.62 bits per heavy atom. The molecule has 0 spiro atoms. The summed E-state index contributed by atoms with van der Waals surface area (Å²) in [6, 6.07) is 75.0. The molecule has 6 heteroatoms. The van der Waals surface area contributed by atoms with Crippen molar-refractivity contribution in [1.29, 1.82) is 0 Å². The summed E-state index contributed by atoms with van der Waals surface area (Å²) in [5.41, 5.74) is 11.8. The maximum Gasteiger partial charge on any atom is 0.238 e. The van der Waals surface area contributed by atoms with Gasteiger partial charge in [-0.2, -0.15) is 9.97 Å². The van der Waals surface area contributed by atoms with Crippen molar-refractivity contribution in [1.82, 2.24) is 24.1 Å². The van der Waals surface area contributed by atoms with E-state index in [9.17, 15) is 0 Å². The molecule has 0 fully saturated rings. The Labute approximate surface area is 372 Å². The van der Waals surface area contributed by atoms with Gasteiger partial charge in [-0.1, -0.05) is 158 Å². The number of aromatic nitrogens is 5. The molecule has 0 saturated heterocycles. The first-order chi connectivity index (χ1) is 32.2. The van der Waals surface area contributed by atoms with Crippen LogP contribution in [0.25, 0.3) is 122 Å². The van der Waals surface area contributed by atoms with Crippen molar-refractivity contribution in [2.45, 2.75) is 0 Å². The monoisotopic (exact) mass is 829 g/mol. The molecule has 6 nitrogen and oxygen atoms in total. The van der Waals surface area contributed by atoms with Crippen LogP contribution in [0.4, 0.5) is 0 Å². The van der Waals surface area contributed by atoms with Crippen LogP contribution in [0.3, 0.4) is 0 Å². The minimum atomic E-state index is 0.534. The molecule has 0 amide bonds. The van der Waals surface area contributed by atoms with Crippen molar-refractivity contribution in [2.24, 2.45) is 0 Å². The second-order valence-electron chi connectivity index (χ2n) is 16.8. The molecule has 14 rings (SSSR count). The minimum Gasteiger partial charge on any atom is -0.456 e. The Morgan fingerprint density at radius 2 is 0.892 bits per heavy atom. The van der Waals surface area contributed by atoms with E-state index in [0.717, 1.165) is 83.1 Å². The molecule has 1 aliphatic rings. The van der Waals surface area contributed by atoms with E-state index >= 15 is 0 Å². The number of hydrogen-bond acceptors (Lipinski definition) is 4. The highest BCUT2D eigenvalue weighted by molar-refractivity contribution is 6.26. The van der Waals surface area contributed by atoms with Crippen LogP contribution in [0.15, 0.2) is 212 Å². The van der Waals surface area contributed by atoms with E-state index in [1.165, 1.54) is 32.6 Å². The molecule has 302 valence electrons. The molecule has 10 aromatic carbocycles. The van der Waals surface area contributed by atoms with Gasteiger partial charge in [0.1, 0.15) is 11.5 Å². The average molecular weight is 830 g/mol. The zero-order chi connectivity index (χ0) is 42.6. The third-order valence-corrected chi connectivity index (χ3v) is 13.1. The van der Waals surface area contributed by atoms with E-state index in [-0.39, 0.29) is 0 Å². The Kier molecular flexibility index (Phi) is 7.59. The van der Waals surface area contributed by atoms with E-state index in [4.69, 9.17) is 19.7 Å². The number of nitrogens with zero attached hydrogens (tertiary/aromatic N) is 5. The van der Waals surface area contributed by atoms with Crippen LogP contribution in [0.1, 0.15) is 0 Å². The molecule has 0 N–H and O–H groups in total. The molecular weight excluding hydrogens is 795 g/mol. The fourth-order valence-corrected chi connectivity index (χ4v) is 10.3. The Balaban J connectivity index is 1.07. The van der Waals surface area contributed by atoms with Crippen LogP contribution in [0.2, 0.25) is 0 Å². The lowest BCUT2D eigenvalue weighted by Crippen LogP contribution is -2.06. The molecule has 0 saturated carbocycles. The number of ether oxygens (including phenoxy) is 1. The molecule has 0 aliphatic carbocycles. The average Bonchev–Trinajstić information content (AvgIpc) is 3.89.